The first kappa shape index (κ1) is 11.0. The Kier molecular flexibility index (Phi) is 3.33. The van der Waals surface area contributed by atoms with Gasteiger partial charge >= 0.3 is 0 Å². The molecule has 0 unspecified atom stereocenters. The Labute approximate surface area is 79.7 Å². The smallest absolute Gasteiger partial charge is 0.0620 e. The normalized spacial score (nSPS) is 40.6. The summed E-state index contributed by atoms with van der Waals surface area (Å²) in [5.74, 6) is 0. The van der Waals surface area contributed by atoms with Crippen LogP contribution in [0.25, 0.3) is 0 Å². The summed E-state index contributed by atoms with van der Waals surface area (Å²) < 4.78 is 5.10. The van der Waals surface area contributed by atoms with E-state index in [1.54, 1.807) is 7.11 Å². The standard InChI is InChI=1S/C10H20O3/c1-9(12)3-5-10(7-11,6-4-9)8-13-2/h11-12H,3-8H2,1-2H3. The molecule has 2 N–H and O–H groups in total. The van der Waals surface area contributed by atoms with Gasteiger partial charge in [0.05, 0.1) is 18.8 Å². The van der Waals surface area contributed by atoms with E-state index in [9.17, 15) is 10.2 Å². The van der Waals surface area contributed by atoms with Gasteiger partial charge in [0.2, 0.25) is 0 Å². The fourth-order valence-electron chi connectivity index (χ4n) is 1.97. The molecule has 0 atom stereocenters. The second kappa shape index (κ2) is 3.95. The zero-order valence-electron chi connectivity index (χ0n) is 8.55. The van der Waals surface area contributed by atoms with Crippen LogP contribution in [-0.2, 0) is 4.74 Å². The lowest BCUT2D eigenvalue weighted by molar-refractivity contribution is -0.0641. The van der Waals surface area contributed by atoms with Crippen LogP contribution in [0.1, 0.15) is 32.6 Å². The average Bonchev–Trinajstić information content (AvgIpc) is 2.10. The Bertz CT molecular complexity index is 156. The third-order valence-electron chi connectivity index (χ3n) is 3.17. The molecule has 1 aliphatic rings. The van der Waals surface area contributed by atoms with Crippen LogP contribution in [0.3, 0.4) is 0 Å². The third kappa shape index (κ3) is 2.66. The molecule has 1 rings (SSSR count). The number of aliphatic hydroxyl groups is 2. The number of ether oxygens (including phenoxy) is 1. The maximum absolute atomic E-state index is 9.75. The van der Waals surface area contributed by atoms with Crippen molar-refractivity contribution in [3.63, 3.8) is 0 Å². The van der Waals surface area contributed by atoms with E-state index in [1.807, 2.05) is 6.92 Å². The van der Waals surface area contributed by atoms with E-state index < -0.39 is 5.60 Å². The molecular weight excluding hydrogens is 168 g/mol. The molecule has 0 radical (unpaired) electrons. The number of aliphatic hydroxyl groups excluding tert-OH is 1. The highest BCUT2D eigenvalue weighted by Crippen LogP contribution is 2.40. The number of rotatable bonds is 3. The van der Waals surface area contributed by atoms with Crippen LogP contribution >= 0.6 is 0 Å². The van der Waals surface area contributed by atoms with Crippen molar-refractivity contribution >= 4 is 0 Å². The van der Waals surface area contributed by atoms with Crippen molar-refractivity contribution < 1.29 is 14.9 Å². The van der Waals surface area contributed by atoms with E-state index >= 15 is 0 Å². The molecule has 0 aromatic rings. The van der Waals surface area contributed by atoms with Gasteiger partial charge in [-0.25, -0.2) is 0 Å². The van der Waals surface area contributed by atoms with Gasteiger partial charge in [0.25, 0.3) is 0 Å². The molecule has 0 aromatic carbocycles. The van der Waals surface area contributed by atoms with Gasteiger partial charge in [0, 0.05) is 12.5 Å². The van der Waals surface area contributed by atoms with Crippen LogP contribution in [0.4, 0.5) is 0 Å². The van der Waals surface area contributed by atoms with E-state index in [4.69, 9.17) is 4.74 Å². The first-order chi connectivity index (χ1) is 6.04. The minimum absolute atomic E-state index is 0.100. The minimum atomic E-state index is -0.535. The summed E-state index contributed by atoms with van der Waals surface area (Å²) in [6, 6.07) is 0. The predicted octanol–water partition coefficient (Wildman–Crippen LogP) is 0.936. The Balaban J connectivity index is 2.52. The van der Waals surface area contributed by atoms with E-state index in [2.05, 4.69) is 0 Å². The lowest BCUT2D eigenvalue weighted by Crippen LogP contribution is -2.41. The molecule has 0 aliphatic heterocycles. The van der Waals surface area contributed by atoms with Crippen molar-refractivity contribution in [2.75, 3.05) is 20.3 Å². The average molecular weight is 188 g/mol. The summed E-state index contributed by atoms with van der Waals surface area (Å²) in [5.41, 5.74) is -0.636. The van der Waals surface area contributed by atoms with Gasteiger partial charge in [0.1, 0.15) is 0 Å². The fourth-order valence-corrected chi connectivity index (χ4v) is 1.97. The molecule has 3 heteroatoms. The molecule has 78 valence electrons. The summed E-state index contributed by atoms with van der Waals surface area (Å²) in [4.78, 5) is 0. The van der Waals surface area contributed by atoms with Gasteiger partial charge < -0.3 is 14.9 Å². The van der Waals surface area contributed by atoms with Crippen LogP contribution in [-0.4, -0.2) is 36.1 Å². The van der Waals surface area contributed by atoms with Crippen LogP contribution in [0, 0.1) is 5.41 Å². The molecule has 0 heterocycles. The van der Waals surface area contributed by atoms with Crippen LogP contribution < -0.4 is 0 Å². The Hall–Kier alpha value is -0.120. The molecule has 0 amide bonds. The monoisotopic (exact) mass is 188 g/mol. The highest BCUT2D eigenvalue weighted by molar-refractivity contribution is 4.90. The molecule has 13 heavy (non-hydrogen) atoms. The first-order valence-electron chi connectivity index (χ1n) is 4.86. The van der Waals surface area contributed by atoms with Crippen molar-refractivity contribution in [3.8, 4) is 0 Å². The summed E-state index contributed by atoms with van der Waals surface area (Å²) >= 11 is 0. The van der Waals surface area contributed by atoms with Gasteiger partial charge in [-0.15, -0.1) is 0 Å². The van der Waals surface area contributed by atoms with Gasteiger partial charge in [-0.05, 0) is 32.6 Å². The predicted molar refractivity (Wildman–Crippen MR) is 50.5 cm³/mol. The second-order valence-electron chi connectivity index (χ2n) is 4.59. The van der Waals surface area contributed by atoms with E-state index in [-0.39, 0.29) is 12.0 Å². The molecule has 0 saturated heterocycles. The van der Waals surface area contributed by atoms with Crippen molar-refractivity contribution in [1.82, 2.24) is 0 Å². The maximum Gasteiger partial charge on any atom is 0.0620 e. The van der Waals surface area contributed by atoms with Crippen molar-refractivity contribution in [2.24, 2.45) is 5.41 Å². The molecule has 0 bridgehead atoms. The SMILES string of the molecule is COCC1(CO)CCC(C)(O)CC1. The highest BCUT2D eigenvalue weighted by Gasteiger charge is 2.38. The van der Waals surface area contributed by atoms with E-state index in [0.29, 0.717) is 6.61 Å². The molecule has 1 saturated carbocycles. The summed E-state index contributed by atoms with van der Waals surface area (Å²) in [5, 5.41) is 19.0. The maximum atomic E-state index is 9.75. The van der Waals surface area contributed by atoms with Crippen LogP contribution in [0.5, 0.6) is 0 Å². The highest BCUT2D eigenvalue weighted by atomic mass is 16.5. The molecule has 3 nitrogen and oxygen atoms in total. The summed E-state index contributed by atoms with van der Waals surface area (Å²) in [6.45, 7) is 2.62. The van der Waals surface area contributed by atoms with E-state index in [1.165, 1.54) is 0 Å². The largest absolute Gasteiger partial charge is 0.396 e. The van der Waals surface area contributed by atoms with Gasteiger partial charge in [-0.1, -0.05) is 0 Å². The van der Waals surface area contributed by atoms with Gasteiger partial charge in [-0.3, -0.25) is 0 Å². The van der Waals surface area contributed by atoms with Gasteiger partial charge in [0.15, 0.2) is 0 Å². The van der Waals surface area contributed by atoms with Crippen LogP contribution in [0.2, 0.25) is 0 Å². The molecule has 0 spiro atoms. The Morgan fingerprint density at radius 1 is 1.23 bits per heavy atom. The quantitative estimate of drug-likeness (QED) is 0.693. The van der Waals surface area contributed by atoms with Gasteiger partial charge in [-0.2, -0.15) is 0 Å². The Morgan fingerprint density at radius 2 is 1.77 bits per heavy atom. The summed E-state index contributed by atoms with van der Waals surface area (Å²) in [7, 11) is 1.66. The second-order valence-corrected chi connectivity index (χ2v) is 4.59. The third-order valence-corrected chi connectivity index (χ3v) is 3.17. The topological polar surface area (TPSA) is 49.7 Å². The minimum Gasteiger partial charge on any atom is -0.396 e. The van der Waals surface area contributed by atoms with Crippen molar-refractivity contribution in [2.45, 2.75) is 38.2 Å². The zero-order chi connectivity index (χ0) is 9.95. The molecule has 1 fully saturated rings. The molecule has 1 aliphatic carbocycles. The summed E-state index contributed by atoms with van der Waals surface area (Å²) in [6.07, 6.45) is 3.22. The Morgan fingerprint density at radius 3 is 2.15 bits per heavy atom. The lowest BCUT2D eigenvalue weighted by atomic mass is 9.70. The number of hydrogen-bond donors (Lipinski definition) is 2. The first-order valence-corrected chi connectivity index (χ1v) is 4.86. The van der Waals surface area contributed by atoms with E-state index in [0.717, 1.165) is 25.7 Å². The van der Waals surface area contributed by atoms with Crippen molar-refractivity contribution in [3.05, 3.63) is 0 Å². The molecular formula is C10H20O3. The molecule has 0 aromatic heterocycles. The number of hydrogen-bond acceptors (Lipinski definition) is 3. The zero-order valence-corrected chi connectivity index (χ0v) is 8.55. The van der Waals surface area contributed by atoms with Crippen LogP contribution in [0.15, 0.2) is 0 Å². The fraction of sp³-hybridized carbons (Fsp3) is 1.00. The number of methoxy groups -OCH3 is 1. The van der Waals surface area contributed by atoms with Crippen molar-refractivity contribution in [1.29, 1.82) is 0 Å². The lowest BCUT2D eigenvalue weighted by Gasteiger charge is -2.41.